The largest absolute Gasteiger partial charge is 0.507 e. The number of phenolic OH excluding ortho intramolecular Hbond substituents is 1. The van der Waals surface area contributed by atoms with Crippen molar-refractivity contribution in [2.75, 3.05) is 29.3 Å². The molecule has 13 heteroatoms. The Morgan fingerprint density at radius 3 is 2.14 bits per heavy atom. The molecule has 3 fully saturated rings. The summed E-state index contributed by atoms with van der Waals surface area (Å²) in [6.07, 6.45) is 1.92. The van der Waals surface area contributed by atoms with Gasteiger partial charge in [-0.3, -0.25) is 29.0 Å². The third kappa shape index (κ3) is 4.87. The Labute approximate surface area is 301 Å². The minimum Gasteiger partial charge on any atom is -0.507 e. The Hall–Kier alpha value is -4.06. The number of amides is 4. The van der Waals surface area contributed by atoms with E-state index in [4.69, 9.17) is 23.2 Å². The second kappa shape index (κ2) is 12.1. The number of aryl methyl sites for hydroxylation is 1. The molecule has 1 saturated carbocycles. The standard InChI is InChI=1S/C36H32BrCl2N5O5/c1-19-5-4-6-26(30(19)45)29-24-15-16-25-28(27(24)17-35(38)33(48)43(18-37)34(49)36(29,35)39)32(47)44(31(25)46)23-13-9-21(10-14-23)41-40-20-7-11-22(12-8-20)42(2)3/h4-15,25,27-29,45H,16-18H2,1-3H3. The number of para-hydroxylation sites is 1. The van der Waals surface area contributed by atoms with Crippen molar-refractivity contribution in [1.82, 2.24) is 4.90 Å². The van der Waals surface area contributed by atoms with Gasteiger partial charge in [0.1, 0.15) is 5.75 Å². The quantitative estimate of drug-likeness (QED) is 0.0940. The van der Waals surface area contributed by atoms with Crippen LogP contribution < -0.4 is 9.80 Å². The van der Waals surface area contributed by atoms with E-state index >= 15 is 0 Å². The number of allylic oxidation sites excluding steroid dienone is 2. The van der Waals surface area contributed by atoms with E-state index in [1.54, 1.807) is 49.4 Å². The van der Waals surface area contributed by atoms with E-state index in [0.29, 0.717) is 33.8 Å². The summed E-state index contributed by atoms with van der Waals surface area (Å²) in [5.74, 6) is -5.54. The van der Waals surface area contributed by atoms with Gasteiger partial charge in [-0.25, -0.2) is 0 Å². The van der Waals surface area contributed by atoms with Crippen LogP contribution >= 0.6 is 39.1 Å². The molecule has 2 heterocycles. The fourth-order valence-corrected chi connectivity index (χ4v) is 9.29. The van der Waals surface area contributed by atoms with Crippen LogP contribution in [-0.2, 0) is 19.2 Å². The second-order valence-corrected chi connectivity index (χ2v) is 14.9. The molecular formula is C36H32BrCl2N5O5. The number of phenols is 1. The van der Waals surface area contributed by atoms with Crippen LogP contribution in [0.3, 0.4) is 0 Å². The molecule has 0 radical (unpaired) electrons. The molecule has 252 valence electrons. The average Bonchev–Trinajstić information content (AvgIpc) is 3.43. The van der Waals surface area contributed by atoms with Crippen LogP contribution in [0.5, 0.6) is 5.75 Å². The highest BCUT2D eigenvalue weighted by Gasteiger charge is 2.76. The molecule has 3 aromatic carbocycles. The summed E-state index contributed by atoms with van der Waals surface area (Å²) >= 11 is 17.8. The fraction of sp³-hybridized carbons (Fsp3) is 0.333. The van der Waals surface area contributed by atoms with Crippen LogP contribution in [0.2, 0.25) is 0 Å². The molecule has 2 aliphatic carbocycles. The number of nitrogens with zero attached hydrogens (tertiary/aromatic N) is 5. The van der Waals surface area contributed by atoms with Gasteiger partial charge < -0.3 is 10.0 Å². The highest BCUT2D eigenvalue weighted by molar-refractivity contribution is 9.09. The van der Waals surface area contributed by atoms with Gasteiger partial charge in [0.05, 0.1) is 34.4 Å². The maximum Gasteiger partial charge on any atom is 0.254 e. The zero-order chi connectivity index (χ0) is 35.0. The van der Waals surface area contributed by atoms with Crippen LogP contribution in [0, 0.1) is 24.7 Å². The van der Waals surface area contributed by atoms with Crippen molar-refractivity contribution in [3.05, 3.63) is 89.5 Å². The zero-order valence-corrected chi connectivity index (χ0v) is 29.9. The highest BCUT2D eigenvalue weighted by atomic mass is 79.9. The molecule has 2 saturated heterocycles. The summed E-state index contributed by atoms with van der Waals surface area (Å²) in [6.45, 7) is 1.72. The number of carbonyl (C=O) groups is 4. The lowest BCUT2D eigenvalue weighted by molar-refractivity contribution is -0.138. The van der Waals surface area contributed by atoms with Crippen molar-refractivity contribution < 1.29 is 24.3 Å². The van der Waals surface area contributed by atoms with Gasteiger partial charge in [-0.1, -0.05) is 45.8 Å². The number of halogens is 3. The number of benzene rings is 3. The highest BCUT2D eigenvalue weighted by Crippen LogP contribution is 2.66. The van der Waals surface area contributed by atoms with Crippen LogP contribution in [0.15, 0.2) is 88.6 Å². The van der Waals surface area contributed by atoms with E-state index in [1.807, 2.05) is 49.3 Å². The Bertz CT molecular complexity index is 1970. The molecule has 4 aliphatic rings. The lowest BCUT2D eigenvalue weighted by Gasteiger charge is -2.50. The number of aromatic hydroxyl groups is 1. The van der Waals surface area contributed by atoms with E-state index in [0.717, 1.165) is 10.6 Å². The predicted octanol–water partition coefficient (Wildman–Crippen LogP) is 7.10. The summed E-state index contributed by atoms with van der Waals surface area (Å²) in [7, 11) is 3.91. The maximum absolute atomic E-state index is 14.3. The van der Waals surface area contributed by atoms with Gasteiger partial charge in [0, 0.05) is 31.3 Å². The Morgan fingerprint density at radius 2 is 1.53 bits per heavy atom. The van der Waals surface area contributed by atoms with Crippen molar-refractivity contribution in [3.8, 4) is 5.75 Å². The molecule has 6 atom stereocenters. The van der Waals surface area contributed by atoms with E-state index in [9.17, 15) is 24.3 Å². The third-order valence-electron chi connectivity index (χ3n) is 10.3. The summed E-state index contributed by atoms with van der Waals surface area (Å²) in [5.41, 5.74) is 4.01. The van der Waals surface area contributed by atoms with Crippen molar-refractivity contribution in [1.29, 1.82) is 0 Å². The number of alkyl halides is 3. The summed E-state index contributed by atoms with van der Waals surface area (Å²) < 4.78 is 0. The van der Waals surface area contributed by atoms with E-state index in [-0.39, 0.29) is 30.0 Å². The molecule has 0 spiro atoms. The first-order chi connectivity index (χ1) is 23.3. The molecule has 7 rings (SSSR count). The minimum atomic E-state index is -1.98. The summed E-state index contributed by atoms with van der Waals surface area (Å²) in [6, 6.07) is 19.4. The Balaban J connectivity index is 1.23. The third-order valence-corrected chi connectivity index (χ3v) is 12.3. The monoisotopic (exact) mass is 763 g/mol. The molecule has 1 N–H and O–H groups in total. The van der Waals surface area contributed by atoms with Gasteiger partial charge in [-0.2, -0.15) is 10.2 Å². The van der Waals surface area contributed by atoms with Crippen LogP contribution in [0.25, 0.3) is 0 Å². The number of hydrogen-bond acceptors (Lipinski definition) is 8. The molecule has 4 amide bonds. The van der Waals surface area contributed by atoms with Crippen molar-refractivity contribution in [2.24, 2.45) is 28.0 Å². The topological polar surface area (TPSA) is 123 Å². The molecule has 6 unspecified atom stereocenters. The minimum absolute atomic E-state index is 0.0778. The lowest BCUT2D eigenvalue weighted by Crippen LogP contribution is -2.60. The molecule has 0 bridgehead atoms. The van der Waals surface area contributed by atoms with Crippen molar-refractivity contribution >= 4 is 85.5 Å². The van der Waals surface area contributed by atoms with Crippen LogP contribution in [0.1, 0.15) is 29.9 Å². The van der Waals surface area contributed by atoms with Crippen LogP contribution in [-0.4, -0.2) is 62.9 Å². The number of rotatable bonds is 6. The zero-order valence-electron chi connectivity index (χ0n) is 26.8. The molecule has 0 aromatic heterocycles. The number of fused-ring (bicyclic) bond motifs is 4. The van der Waals surface area contributed by atoms with Gasteiger partial charge >= 0.3 is 0 Å². The average molecular weight is 765 g/mol. The second-order valence-electron chi connectivity index (χ2n) is 13.1. The van der Waals surface area contributed by atoms with E-state index in [1.165, 1.54) is 4.90 Å². The normalized spacial score (nSPS) is 29.3. The first kappa shape index (κ1) is 33.4. The lowest BCUT2D eigenvalue weighted by atomic mass is 9.56. The van der Waals surface area contributed by atoms with E-state index < -0.39 is 51.1 Å². The molecular weight excluding hydrogens is 733 g/mol. The number of likely N-dealkylation sites (tertiary alicyclic amines) is 1. The van der Waals surface area contributed by atoms with Gasteiger partial charge in [0.15, 0.2) is 9.75 Å². The first-order valence-electron chi connectivity index (χ1n) is 15.8. The number of anilines is 2. The number of imide groups is 2. The first-order valence-corrected chi connectivity index (χ1v) is 17.7. The Kier molecular flexibility index (Phi) is 8.23. The smallest absolute Gasteiger partial charge is 0.254 e. The summed E-state index contributed by atoms with van der Waals surface area (Å²) in [4.78, 5) is 56.3. The maximum atomic E-state index is 14.3. The molecule has 2 aliphatic heterocycles. The van der Waals surface area contributed by atoms with E-state index in [2.05, 4.69) is 26.2 Å². The van der Waals surface area contributed by atoms with Gasteiger partial charge in [-0.05, 0) is 79.8 Å². The van der Waals surface area contributed by atoms with Gasteiger partial charge in [0.25, 0.3) is 11.8 Å². The molecule has 10 nitrogen and oxygen atoms in total. The van der Waals surface area contributed by atoms with Gasteiger partial charge in [-0.15, -0.1) is 23.2 Å². The SMILES string of the molecule is Cc1cccc(C2C3=CCC4C(=O)N(c5ccc(N=Nc6ccc(N(C)C)cc6)cc5)C(=O)C4C3CC3(Cl)C(=O)N(CBr)C(=O)C23Cl)c1O. The molecule has 3 aromatic rings. The summed E-state index contributed by atoms with van der Waals surface area (Å²) in [5, 5.41) is 19.9. The number of carbonyl (C=O) groups excluding carboxylic acids is 4. The van der Waals surface area contributed by atoms with Crippen LogP contribution in [0.4, 0.5) is 22.7 Å². The fourth-order valence-electron chi connectivity index (χ4n) is 7.87. The Morgan fingerprint density at radius 1 is 0.898 bits per heavy atom. The van der Waals surface area contributed by atoms with Gasteiger partial charge in [0.2, 0.25) is 11.8 Å². The van der Waals surface area contributed by atoms with Crippen molar-refractivity contribution in [3.63, 3.8) is 0 Å². The molecule has 49 heavy (non-hydrogen) atoms. The number of hydrogen-bond donors (Lipinski definition) is 1. The predicted molar refractivity (Wildman–Crippen MR) is 190 cm³/mol. The number of azo groups is 1. The van der Waals surface area contributed by atoms with Crippen molar-refractivity contribution in [2.45, 2.75) is 35.4 Å².